The zero-order valence-electron chi connectivity index (χ0n) is 9.18. The van der Waals surface area contributed by atoms with Gasteiger partial charge in [0.15, 0.2) is 0 Å². The molecule has 0 aliphatic heterocycles. The maximum Gasteiger partial charge on any atom is 0.285 e. The predicted octanol–water partition coefficient (Wildman–Crippen LogP) is 1.56. The molecule has 7 heteroatoms. The van der Waals surface area contributed by atoms with E-state index in [1.54, 1.807) is 23.7 Å². The lowest BCUT2D eigenvalue weighted by molar-refractivity contribution is 0.855. The van der Waals surface area contributed by atoms with Gasteiger partial charge in [0.05, 0.1) is 16.9 Å². The lowest BCUT2D eigenvalue weighted by Crippen LogP contribution is -2.23. The van der Waals surface area contributed by atoms with Crippen molar-refractivity contribution in [2.45, 2.75) is 6.42 Å². The van der Waals surface area contributed by atoms with E-state index in [0.717, 1.165) is 18.0 Å². The third kappa shape index (κ3) is 2.83. The van der Waals surface area contributed by atoms with Crippen molar-refractivity contribution in [2.75, 3.05) is 18.5 Å². The summed E-state index contributed by atoms with van der Waals surface area (Å²) in [7, 11) is 1.87. The van der Waals surface area contributed by atoms with Crippen molar-refractivity contribution in [3.05, 3.63) is 38.2 Å². The number of nitrogens with zero attached hydrogens (tertiary/aromatic N) is 3. The fourth-order valence-corrected chi connectivity index (χ4v) is 2.25. The summed E-state index contributed by atoms with van der Waals surface area (Å²) >= 11 is 7.52. The Bertz CT molecular complexity index is 539. The van der Waals surface area contributed by atoms with E-state index in [2.05, 4.69) is 15.2 Å². The summed E-state index contributed by atoms with van der Waals surface area (Å²) in [5.41, 5.74) is 0.261. The van der Waals surface area contributed by atoms with Crippen molar-refractivity contribution < 1.29 is 0 Å². The second kappa shape index (κ2) is 5.29. The Labute approximate surface area is 107 Å². The predicted molar refractivity (Wildman–Crippen MR) is 69.0 cm³/mol. The van der Waals surface area contributed by atoms with Gasteiger partial charge in [-0.25, -0.2) is 10.1 Å². The average Bonchev–Trinajstić information content (AvgIpc) is 2.82. The zero-order chi connectivity index (χ0) is 12.3. The Morgan fingerprint density at radius 3 is 3.12 bits per heavy atom. The van der Waals surface area contributed by atoms with Gasteiger partial charge in [-0.2, -0.15) is 5.10 Å². The molecule has 1 N–H and O–H groups in total. The molecule has 2 rings (SSSR count). The largest absolute Gasteiger partial charge is 0.372 e. The van der Waals surface area contributed by atoms with Gasteiger partial charge in [-0.15, -0.1) is 11.3 Å². The maximum atomic E-state index is 11.3. The van der Waals surface area contributed by atoms with Gasteiger partial charge in [0.1, 0.15) is 5.02 Å². The number of anilines is 1. The first-order valence-electron chi connectivity index (χ1n) is 5.01. The smallest absolute Gasteiger partial charge is 0.285 e. The van der Waals surface area contributed by atoms with Crippen molar-refractivity contribution in [3.63, 3.8) is 0 Å². The van der Waals surface area contributed by atoms with E-state index in [9.17, 15) is 4.79 Å². The van der Waals surface area contributed by atoms with Crippen LogP contribution >= 0.6 is 22.9 Å². The summed E-state index contributed by atoms with van der Waals surface area (Å²) in [6.45, 7) is 0.734. The van der Waals surface area contributed by atoms with Gasteiger partial charge in [-0.1, -0.05) is 11.6 Å². The van der Waals surface area contributed by atoms with E-state index < -0.39 is 0 Å². The molecule has 5 nitrogen and oxygen atoms in total. The molecule has 0 aromatic carbocycles. The Morgan fingerprint density at radius 2 is 2.41 bits per heavy atom. The normalized spacial score (nSPS) is 10.5. The summed E-state index contributed by atoms with van der Waals surface area (Å²) in [5.74, 6) is 0. The Hall–Kier alpha value is -1.40. The van der Waals surface area contributed by atoms with Crippen LogP contribution in [-0.4, -0.2) is 28.8 Å². The minimum absolute atomic E-state index is 0.168. The molecule has 0 fully saturated rings. The number of hydrogen-bond donors (Lipinski definition) is 1. The molecule has 0 radical (unpaired) electrons. The van der Waals surface area contributed by atoms with Gasteiger partial charge in [0, 0.05) is 31.6 Å². The number of rotatable bonds is 4. The van der Waals surface area contributed by atoms with Crippen LogP contribution in [0.25, 0.3) is 0 Å². The number of thiazole rings is 1. The van der Waals surface area contributed by atoms with E-state index in [1.807, 2.05) is 17.3 Å². The fourth-order valence-electron chi connectivity index (χ4n) is 1.40. The van der Waals surface area contributed by atoms with Gasteiger partial charge in [0.25, 0.3) is 5.56 Å². The van der Waals surface area contributed by atoms with Crippen LogP contribution in [0.1, 0.15) is 5.01 Å². The van der Waals surface area contributed by atoms with Crippen molar-refractivity contribution in [1.82, 2.24) is 15.2 Å². The Morgan fingerprint density at radius 1 is 1.59 bits per heavy atom. The highest BCUT2D eigenvalue weighted by Crippen LogP contribution is 2.19. The molecule has 0 atom stereocenters. The van der Waals surface area contributed by atoms with Gasteiger partial charge in [0.2, 0.25) is 0 Å². The maximum absolute atomic E-state index is 11.3. The van der Waals surface area contributed by atoms with Gasteiger partial charge >= 0.3 is 0 Å². The summed E-state index contributed by atoms with van der Waals surface area (Å²) < 4.78 is 0. The van der Waals surface area contributed by atoms with E-state index in [-0.39, 0.29) is 10.6 Å². The molecule has 2 aromatic rings. The van der Waals surface area contributed by atoms with Crippen LogP contribution in [-0.2, 0) is 6.42 Å². The number of aromatic nitrogens is 3. The number of nitrogens with one attached hydrogen (secondary N) is 1. The summed E-state index contributed by atoms with van der Waals surface area (Å²) in [6, 6.07) is 0. The molecule has 0 spiro atoms. The molecule has 0 bridgehead atoms. The molecule has 0 aliphatic rings. The van der Waals surface area contributed by atoms with E-state index >= 15 is 0 Å². The first-order valence-corrected chi connectivity index (χ1v) is 6.27. The average molecular weight is 271 g/mol. The van der Waals surface area contributed by atoms with Crippen LogP contribution in [0.5, 0.6) is 0 Å². The van der Waals surface area contributed by atoms with E-state index in [4.69, 9.17) is 11.6 Å². The second-order valence-electron chi connectivity index (χ2n) is 3.50. The quantitative estimate of drug-likeness (QED) is 0.916. The molecule has 0 saturated heterocycles. The van der Waals surface area contributed by atoms with Crippen LogP contribution in [0.15, 0.2) is 22.6 Å². The lowest BCUT2D eigenvalue weighted by atomic mass is 10.3. The van der Waals surface area contributed by atoms with Crippen LogP contribution in [0.2, 0.25) is 5.02 Å². The van der Waals surface area contributed by atoms with Crippen molar-refractivity contribution in [3.8, 4) is 0 Å². The minimum atomic E-state index is -0.370. The van der Waals surface area contributed by atoms with E-state index in [1.165, 1.54) is 0 Å². The highest BCUT2D eigenvalue weighted by molar-refractivity contribution is 7.09. The van der Waals surface area contributed by atoms with Crippen LogP contribution in [0, 0.1) is 0 Å². The van der Waals surface area contributed by atoms with Crippen molar-refractivity contribution >= 4 is 28.6 Å². The molecule has 0 unspecified atom stereocenters. The number of aromatic amines is 1. The number of hydrogen-bond acceptors (Lipinski definition) is 5. The first kappa shape index (κ1) is 12.1. The minimum Gasteiger partial charge on any atom is -0.372 e. The molecule has 0 aliphatic carbocycles. The summed E-state index contributed by atoms with van der Waals surface area (Å²) in [4.78, 5) is 17.4. The second-order valence-corrected chi connectivity index (χ2v) is 4.85. The Kier molecular flexibility index (Phi) is 3.75. The standard InChI is InChI=1S/C10H11ClN4OS/c1-15(4-2-8-12-3-5-17-8)7-6-13-14-10(16)9(7)11/h3,5-6H,2,4H2,1H3,(H,14,16). The molecule has 90 valence electrons. The van der Waals surface area contributed by atoms with Gasteiger partial charge in [-0.05, 0) is 0 Å². The molecule has 0 amide bonds. The van der Waals surface area contributed by atoms with Gasteiger partial charge in [-0.3, -0.25) is 4.79 Å². The molecule has 2 aromatic heterocycles. The van der Waals surface area contributed by atoms with Crippen LogP contribution in [0.3, 0.4) is 0 Å². The highest BCUT2D eigenvalue weighted by atomic mass is 35.5. The lowest BCUT2D eigenvalue weighted by Gasteiger charge is -2.18. The molecular weight excluding hydrogens is 260 g/mol. The number of halogens is 1. The van der Waals surface area contributed by atoms with Crippen molar-refractivity contribution in [1.29, 1.82) is 0 Å². The monoisotopic (exact) mass is 270 g/mol. The van der Waals surface area contributed by atoms with Crippen LogP contribution < -0.4 is 10.5 Å². The summed E-state index contributed by atoms with van der Waals surface area (Å²) in [6.07, 6.45) is 4.14. The molecular formula is C10H11ClN4OS. The summed E-state index contributed by atoms with van der Waals surface area (Å²) in [5, 5.41) is 9.20. The highest BCUT2D eigenvalue weighted by Gasteiger charge is 2.10. The molecule has 17 heavy (non-hydrogen) atoms. The zero-order valence-corrected chi connectivity index (χ0v) is 10.8. The molecule has 2 heterocycles. The Balaban J connectivity index is 2.07. The van der Waals surface area contributed by atoms with Gasteiger partial charge < -0.3 is 4.90 Å². The fraction of sp³-hybridized carbons (Fsp3) is 0.300. The third-order valence-corrected chi connectivity index (χ3v) is 3.54. The topological polar surface area (TPSA) is 61.9 Å². The first-order chi connectivity index (χ1) is 8.18. The SMILES string of the molecule is CN(CCc1nccs1)c1cn[nH]c(=O)c1Cl. The number of likely N-dealkylation sites (N-methyl/N-ethyl adjacent to an activating group) is 1. The van der Waals surface area contributed by atoms with E-state index in [0.29, 0.717) is 5.69 Å². The van der Waals surface area contributed by atoms with Crippen molar-refractivity contribution in [2.24, 2.45) is 0 Å². The third-order valence-electron chi connectivity index (χ3n) is 2.33. The van der Waals surface area contributed by atoms with Crippen LogP contribution in [0.4, 0.5) is 5.69 Å². The molecule has 0 saturated carbocycles. The number of H-pyrrole nitrogens is 1.